The van der Waals surface area contributed by atoms with Crippen LogP contribution in [-0.4, -0.2) is 37.3 Å². The van der Waals surface area contributed by atoms with E-state index in [1.807, 2.05) is 24.3 Å². The molecule has 0 saturated carbocycles. The molecule has 0 saturated heterocycles. The van der Waals surface area contributed by atoms with Gasteiger partial charge in [-0.25, -0.2) is 4.79 Å². The van der Waals surface area contributed by atoms with Crippen LogP contribution in [0.4, 0.5) is 0 Å². The predicted octanol–water partition coefficient (Wildman–Crippen LogP) is 5.15. The summed E-state index contributed by atoms with van der Waals surface area (Å²) < 4.78 is 16.0. The van der Waals surface area contributed by atoms with Gasteiger partial charge in [-0.15, -0.1) is 10.1 Å². The summed E-state index contributed by atoms with van der Waals surface area (Å²) in [7, 11) is 1.47. The van der Waals surface area contributed by atoms with Gasteiger partial charge < -0.3 is 19.0 Å². The molecule has 0 radical (unpaired) electrons. The summed E-state index contributed by atoms with van der Waals surface area (Å²) in [5.74, 6) is -0.216. The molecule has 0 heterocycles. The van der Waals surface area contributed by atoms with Crippen LogP contribution in [-0.2, 0) is 25.6 Å². The molecule has 0 aliphatic carbocycles. The van der Waals surface area contributed by atoms with Gasteiger partial charge in [-0.2, -0.15) is 0 Å². The summed E-state index contributed by atoms with van der Waals surface area (Å²) in [6.07, 6.45) is 4.64. The van der Waals surface area contributed by atoms with Crippen molar-refractivity contribution in [2.45, 2.75) is 46.0 Å². The predicted molar refractivity (Wildman–Crippen MR) is 134 cm³/mol. The van der Waals surface area contributed by atoms with E-state index in [1.165, 1.54) is 18.7 Å². The van der Waals surface area contributed by atoms with E-state index in [0.29, 0.717) is 30.1 Å². The second-order valence-electron chi connectivity index (χ2n) is 8.66. The maximum Gasteiger partial charge on any atom is 0.330 e. The average molecular weight is 500 g/mol. The molecule has 0 unspecified atom stereocenters. The summed E-state index contributed by atoms with van der Waals surface area (Å²) in [6, 6.07) is 12.9. The lowest BCUT2D eigenvalue weighted by molar-refractivity contribution is -0.757. The zero-order valence-corrected chi connectivity index (χ0v) is 21.1. The Bertz CT molecular complexity index is 1050. The van der Waals surface area contributed by atoms with Crippen molar-refractivity contribution in [2.75, 3.05) is 20.3 Å². The minimum absolute atomic E-state index is 0.0412. The lowest BCUT2D eigenvalue weighted by Crippen LogP contribution is -2.16. The molecule has 9 nitrogen and oxygen atoms in total. The zero-order valence-electron chi connectivity index (χ0n) is 21.1. The lowest BCUT2D eigenvalue weighted by atomic mass is 9.97. The average Bonchev–Trinajstić information content (AvgIpc) is 2.84. The van der Waals surface area contributed by atoms with Crippen molar-refractivity contribution in [1.82, 2.24) is 0 Å². The minimum Gasteiger partial charge on any atom is -0.493 e. The highest BCUT2D eigenvalue weighted by molar-refractivity contribution is 5.87. The second-order valence-corrected chi connectivity index (χ2v) is 8.66. The normalized spacial score (nSPS) is 11.8. The molecule has 2 aromatic rings. The SMILES string of the molecule is COc1cc(C=CC(=O)OCCCCO[N+](=O)[O-])ccc1OC(=O)[C@@H](C)c1ccc(CC(C)C)cc1. The van der Waals surface area contributed by atoms with Crippen LogP contribution in [0.15, 0.2) is 48.5 Å². The standard InChI is InChI=1S/C27H33NO8/c1-19(2)17-21-7-11-23(12-8-21)20(3)27(30)36-24-13-9-22(18-25(24)33-4)10-14-26(29)34-15-5-6-16-35-28(31)32/h7-14,18-20H,5-6,15-17H2,1-4H3/t20-/m0/s1. The molecule has 0 aromatic heterocycles. The van der Waals surface area contributed by atoms with Crippen molar-refractivity contribution in [3.63, 3.8) is 0 Å². The van der Waals surface area contributed by atoms with Gasteiger partial charge in [0.15, 0.2) is 11.5 Å². The number of hydrogen-bond acceptors (Lipinski definition) is 8. The number of rotatable bonds is 14. The third kappa shape index (κ3) is 9.77. The fourth-order valence-corrected chi connectivity index (χ4v) is 3.35. The first-order valence-corrected chi connectivity index (χ1v) is 11.8. The summed E-state index contributed by atoms with van der Waals surface area (Å²) in [4.78, 5) is 38.9. The Balaban J connectivity index is 1.91. The summed E-state index contributed by atoms with van der Waals surface area (Å²) in [6.45, 7) is 6.21. The number of ether oxygens (including phenoxy) is 3. The Hall–Kier alpha value is -3.88. The van der Waals surface area contributed by atoms with Gasteiger partial charge in [-0.3, -0.25) is 4.79 Å². The molecule has 194 valence electrons. The van der Waals surface area contributed by atoms with Gasteiger partial charge in [0.2, 0.25) is 0 Å². The van der Waals surface area contributed by atoms with Gasteiger partial charge >= 0.3 is 11.9 Å². The van der Waals surface area contributed by atoms with Gasteiger partial charge in [-0.1, -0.05) is 44.2 Å². The van der Waals surface area contributed by atoms with E-state index in [4.69, 9.17) is 14.2 Å². The second kappa shape index (κ2) is 14.5. The number of benzene rings is 2. The molecule has 2 aromatic carbocycles. The molecule has 0 aliphatic heterocycles. The zero-order chi connectivity index (χ0) is 26.5. The van der Waals surface area contributed by atoms with Crippen LogP contribution in [0.5, 0.6) is 11.5 Å². The van der Waals surface area contributed by atoms with Crippen LogP contribution in [0.2, 0.25) is 0 Å². The third-order valence-corrected chi connectivity index (χ3v) is 5.27. The molecule has 0 aliphatic rings. The van der Waals surface area contributed by atoms with Crippen molar-refractivity contribution >= 4 is 18.0 Å². The van der Waals surface area contributed by atoms with E-state index in [2.05, 4.69) is 18.7 Å². The van der Waals surface area contributed by atoms with Crippen LogP contribution < -0.4 is 9.47 Å². The highest BCUT2D eigenvalue weighted by Gasteiger charge is 2.19. The van der Waals surface area contributed by atoms with Crippen molar-refractivity contribution in [3.8, 4) is 11.5 Å². The fourth-order valence-electron chi connectivity index (χ4n) is 3.35. The Morgan fingerprint density at radius 1 is 1.00 bits per heavy atom. The number of esters is 2. The molecule has 1 atom stereocenters. The monoisotopic (exact) mass is 499 g/mol. The van der Waals surface area contributed by atoms with Crippen LogP contribution in [0.1, 0.15) is 56.2 Å². The van der Waals surface area contributed by atoms with Crippen LogP contribution >= 0.6 is 0 Å². The van der Waals surface area contributed by atoms with Crippen LogP contribution in [0.25, 0.3) is 6.08 Å². The smallest absolute Gasteiger partial charge is 0.330 e. The number of carbonyl (C=O) groups excluding carboxylic acids is 2. The number of nitrogens with zero attached hydrogens (tertiary/aromatic N) is 1. The van der Waals surface area contributed by atoms with E-state index in [0.717, 1.165) is 12.0 Å². The molecule has 36 heavy (non-hydrogen) atoms. The molecule has 0 bridgehead atoms. The number of methoxy groups -OCH3 is 1. The van der Waals surface area contributed by atoms with Gasteiger partial charge in [0.1, 0.15) is 0 Å². The van der Waals surface area contributed by atoms with Crippen LogP contribution in [0, 0.1) is 16.0 Å². The molecule has 0 fully saturated rings. The first-order valence-electron chi connectivity index (χ1n) is 11.8. The topological polar surface area (TPSA) is 114 Å². The Morgan fingerprint density at radius 2 is 1.69 bits per heavy atom. The number of unbranched alkanes of at least 4 members (excludes halogenated alkanes) is 1. The van der Waals surface area contributed by atoms with Crippen molar-refractivity contribution < 1.29 is 33.7 Å². The largest absolute Gasteiger partial charge is 0.493 e. The Kier molecular flexibility index (Phi) is 11.4. The molecule has 0 spiro atoms. The van der Waals surface area contributed by atoms with E-state index < -0.39 is 22.9 Å². The van der Waals surface area contributed by atoms with Gasteiger partial charge in [-0.05, 0) is 67.0 Å². The number of carbonyl (C=O) groups is 2. The summed E-state index contributed by atoms with van der Waals surface area (Å²) in [5, 5.41) is 9.20. The van der Waals surface area contributed by atoms with E-state index in [-0.39, 0.29) is 19.0 Å². The molecule has 9 heteroatoms. The molecular weight excluding hydrogens is 466 g/mol. The van der Waals surface area contributed by atoms with Crippen LogP contribution in [0.3, 0.4) is 0 Å². The fraction of sp³-hybridized carbons (Fsp3) is 0.407. The molecular formula is C27H33NO8. The first kappa shape index (κ1) is 28.4. The number of hydrogen-bond donors (Lipinski definition) is 0. The maximum absolute atomic E-state index is 12.7. The van der Waals surface area contributed by atoms with E-state index in [1.54, 1.807) is 31.2 Å². The molecule has 0 amide bonds. The highest BCUT2D eigenvalue weighted by atomic mass is 16.9. The lowest BCUT2D eigenvalue weighted by Gasteiger charge is -2.15. The summed E-state index contributed by atoms with van der Waals surface area (Å²) in [5.41, 5.74) is 2.75. The Morgan fingerprint density at radius 3 is 2.33 bits per heavy atom. The van der Waals surface area contributed by atoms with Crippen molar-refractivity contribution in [3.05, 3.63) is 75.3 Å². The van der Waals surface area contributed by atoms with Gasteiger partial charge in [0.25, 0.3) is 5.09 Å². The van der Waals surface area contributed by atoms with E-state index >= 15 is 0 Å². The van der Waals surface area contributed by atoms with Crippen molar-refractivity contribution in [1.29, 1.82) is 0 Å². The molecule has 0 N–H and O–H groups in total. The van der Waals surface area contributed by atoms with Gasteiger partial charge in [0, 0.05) is 6.08 Å². The van der Waals surface area contributed by atoms with Crippen molar-refractivity contribution in [2.24, 2.45) is 5.92 Å². The summed E-state index contributed by atoms with van der Waals surface area (Å²) >= 11 is 0. The minimum atomic E-state index is -0.859. The first-order chi connectivity index (χ1) is 17.2. The Labute approximate surface area is 211 Å². The quantitative estimate of drug-likeness (QED) is 0.0876. The third-order valence-electron chi connectivity index (χ3n) is 5.27. The maximum atomic E-state index is 12.7. The molecule has 2 rings (SSSR count). The van der Waals surface area contributed by atoms with Gasteiger partial charge in [0.05, 0.1) is 26.2 Å². The highest BCUT2D eigenvalue weighted by Crippen LogP contribution is 2.30. The van der Waals surface area contributed by atoms with E-state index in [9.17, 15) is 19.7 Å².